The number of piperidine rings is 1. The molecule has 2 saturated heterocycles. The van der Waals surface area contributed by atoms with E-state index >= 15 is 0 Å². The molecule has 0 bridgehead atoms. The maximum atomic E-state index is 12.7. The Hall–Kier alpha value is -1.86. The SMILES string of the molecule is CCOc1ccc2nc(N3CCC(C(=O)N4CCOCC4)CC3)sc2c1. The molecule has 0 radical (unpaired) electrons. The first kappa shape index (κ1) is 17.5. The van der Waals surface area contributed by atoms with Crippen LogP contribution in [0.5, 0.6) is 5.75 Å². The van der Waals surface area contributed by atoms with Crippen molar-refractivity contribution in [3.8, 4) is 5.75 Å². The largest absolute Gasteiger partial charge is 0.494 e. The number of morpholine rings is 1. The van der Waals surface area contributed by atoms with Crippen molar-refractivity contribution in [3.63, 3.8) is 0 Å². The van der Waals surface area contributed by atoms with Crippen LogP contribution in [-0.2, 0) is 9.53 Å². The van der Waals surface area contributed by atoms with Crippen LogP contribution in [0.2, 0.25) is 0 Å². The van der Waals surface area contributed by atoms with Crippen LogP contribution < -0.4 is 9.64 Å². The predicted octanol–water partition coefficient (Wildman–Crippen LogP) is 2.77. The van der Waals surface area contributed by atoms with Gasteiger partial charge in [0.2, 0.25) is 5.91 Å². The molecule has 0 saturated carbocycles. The minimum absolute atomic E-state index is 0.142. The average molecular weight is 375 g/mol. The molecule has 3 heterocycles. The fourth-order valence-corrected chi connectivity index (χ4v) is 4.69. The van der Waals surface area contributed by atoms with Gasteiger partial charge in [-0.3, -0.25) is 4.79 Å². The Balaban J connectivity index is 1.39. The number of anilines is 1. The number of hydrogen-bond donors (Lipinski definition) is 0. The van der Waals surface area contributed by atoms with Gasteiger partial charge in [-0.15, -0.1) is 0 Å². The van der Waals surface area contributed by atoms with Gasteiger partial charge in [-0.05, 0) is 38.0 Å². The van der Waals surface area contributed by atoms with Crippen LogP contribution >= 0.6 is 11.3 Å². The van der Waals surface area contributed by atoms with E-state index < -0.39 is 0 Å². The van der Waals surface area contributed by atoms with Gasteiger partial charge in [0.05, 0.1) is 30.0 Å². The van der Waals surface area contributed by atoms with Crippen LogP contribution in [0.4, 0.5) is 5.13 Å². The second-order valence-corrected chi connectivity index (χ2v) is 7.77. The number of benzene rings is 1. The Morgan fingerprint density at radius 1 is 1.27 bits per heavy atom. The Morgan fingerprint density at radius 3 is 2.77 bits per heavy atom. The highest BCUT2D eigenvalue weighted by Crippen LogP contribution is 2.33. The molecule has 0 unspecified atom stereocenters. The molecule has 2 fully saturated rings. The van der Waals surface area contributed by atoms with Crippen molar-refractivity contribution in [1.29, 1.82) is 0 Å². The minimum Gasteiger partial charge on any atom is -0.494 e. The van der Waals surface area contributed by atoms with Gasteiger partial charge >= 0.3 is 0 Å². The standard InChI is InChI=1S/C19H25N3O3S/c1-2-25-15-3-4-16-17(13-15)26-19(20-16)22-7-5-14(6-8-22)18(23)21-9-11-24-12-10-21/h3-4,13-14H,2,5-12H2,1H3. The summed E-state index contributed by atoms with van der Waals surface area (Å²) < 4.78 is 12.1. The van der Waals surface area contributed by atoms with Crippen molar-refractivity contribution < 1.29 is 14.3 Å². The van der Waals surface area contributed by atoms with Crippen LogP contribution in [0.1, 0.15) is 19.8 Å². The molecule has 0 spiro atoms. The zero-order valence-electron chi connectivity index (χ0n) is 15.1. The van der Waals surface area contributed by atoms with Gasteiger partial charge in [0, 0.05) is 32.1 Å². The lowest BCUT2D eigenvalue weighted by molar-refractivity contribution is -0.140. The molecule has 26 heavy (non-hydrogen) atoms. The Bertz CT molecular complexity index is 764. The summed E-state index contributed by atoms with van der Waals surface area (Å²) in [6.07, 6.45) is 1.80. The second kappa shape index (κ2) is 7.80. The molecule has 4 rings (SSSR count). The first-order valence-corrected chi connectivity index (χ1v) is 10.2. The van der Waals surface area contributed by atoms with Crippen molar-refractivity contribution in [2.75, 3.05) is 50.9 Å². The van der Waals surface area contributed by atoms with Gasteiger partial charge in [0.25, 0.3) is 0 Å². The summed E-state index contributed by atoms with van der Waals surface area (Å²) in [6, 6.07) is 6.06. The van der Waals surface area contributed by atoms with Crippen LogP contribution in [0, 0.1) is 5.92 Å². The van der Waals surface area contributed by atoms with Crippen LogP contribution in [0.3, 0.4) is 0 Å². The quantitative estimate of drug-likeness (QED) is 0.822. The van der Waals surface area contributed by atoms with Crippen molar-refractivity contribution in [2.45, 2.75) is 19.8 Å². The monoisotopic (exact) mass is 375 g/mol. The van der Waals surface area contributed by atoms with Gasteiger partial charge in [-0.25, -0.2) is 4.98 Å². The first-order valence-electron chi connectivity index (χ1n) is 9.39. The van der Waals surface area contributed by atoms with E-state index in [9.17, 15) is 4.79 Å². The number of hydrogen-bond acceptors (Lipinski definition) is 6. The van der Waals surface area contributed by atoms with E-state index in [1.165, 1.54) is 0 Å². The molecule has 1 aromatic heterocycles. The second-order valence-electron chi connectivity index (χ2n) is 6.76. The average Bonchev–Trinajstić information content (AvgIpc) is 3.12. The molecule has 2 aliphatic heterocycles. The van der Waals surface area contributed by atoms with Crippen LogP contribution in [0.25, 0.3) is 10.2 Å². The van der Waals surface area contributed by atoms with E-state index in [-0.39, 0.29) is 5.92 Å². The molecular weight excluding hydrogens is 350 g/mol. The lowest BCUT2D eigenvalue weighted by Crippen LogP contribution is -2.46. The molecule has 0 N–H and O–H groups in total. The fraction of sp³-hybridized carbons (Fsp3) is 0.579. The molecule has 2 aliphatic rings. The zero-order valence-corrected chi connectivity index (χ0v) is 16.0. The maximum absolute atomic E-state index is 12.7. The minimum atomic E-state index is 0.142. The molecule has 1 aromatic carbocycles. The molecule has 6 nitrogen and oxygen atoms in total. The lowest BCUT2D eigenvalue weighted by Gasteiger charge is -2.35. The molecule has 7 heteroatoms. The molecule has 2 aromatic rings. The van der Waals surface area contributed by atoms with Gasteiger partial charge in [0.15, 0.2) is 5.13 Å². The van der Waals surface area contributed by atoms with E-state index in [1.807, 2.05) is 24.0 Å². The normalized spacial score (nSPS) is 19.1. The van der Waals surface area contributed by atoms with E-state index in [0.717, 1.165) is 60.1 Å². The summed E-state index contributed by atoms with van der Waals surface area (Å²) >= 11 is 1.70. The molecule has 1 amide bonds. The zero-order chi connectivity index (χ0) is 17.9. The van der Waals surface area contributed by atoms with Gasteiger partial charge < -0.3 is 19.3 Å². The third kappa shape index (κ3) is 3.64. The van der Waals surface area contributed by atoms with Gasteiger partial charge in [0.1, 0.15) is 5.75 Å². The van der Waals surface area contributed by atoms with Crippen LogP contribution in [-0.4, -0.2) is 61.8 Å². The Morgan fingerprint density at radius 2 is 2.04 bits per heavy atom. The van der Waals surface area contributed by atoms with Crippen molar-refractivity contribution in [1.82, 2.24) is 9.88 Å². The summed E-state index contributed by atoms with van der Waals surface area (Å²) in [5, 5.41) is 1.05. The number of amides is 1. The maximum Gasteiger partial charge on any atom is 0.225 e. The molecule has 140 valence electrons. The molecular formula is C19H25N3O3S. The van der Waals surface area contributed by atoms with E-state index in [0.29, 0.717) is 25.7 Å². The van der Waals surface area contributed by atoms with E-state index in [4.69, 9.17) is 14.5 Å². The number of rotatable bonds is 4. The third-order valence-corrected chi connectivity index (χ3v) is 6.18. The summed E-state index contributed by atoms with van der Waals surface area (Å²) in [5.74, 6) is 1.34. The fourth-order valence-electron chi connectivity index (χ4n) is 3.64. The number of aromatic nitrogens is 1. The summed E-state index contributed by atoms with van der Waals surface area (Å²) in [7, 11) is 0. The highest BCUT2D eigenvalue weighted by atomic mass is 32.1. The highest BCUT2D eigenvalue weighted by molar-refractivity contribution is 7.22. The highest BCUT2D eigenvalue weighted by Gasteiger charge is 2.30. The number of fused-ring (bicyclic) bond motifs is 1. The van der Waals surface area contributed by atoms with E-state index in [1.54, 1.807) is 11.3 Å². The summed E-state index contributed by atoms with van der Waals surface area (Å²) in [5.41, 5.74) is 1.01. The lowest BCUT2D eigenvalue weighted by atomic mass is 9.95. The van der Waals surface area contributed by atoms with Crippen molar-refractivity contribution >= 4 is 32.6 Å². The number of carbonyl (C=O) groups is 1. The van der Waals surface area contributed by atoms with Crippen molar-refractivity contribution in [2.24, 2.45) is 5.92 Å². The first-order chi connectivity index (χ1) is 12.7. The summed E-state index contributed by atoms with van der Waals surface area (Å²) in [4.78, 5) is 21.7. The number of ether oxygens (including phenoxy) is 2. The predicted molar refractivity (Wildman–Crippen MR) is 103 cm³/mol. The smallest absolute Gasteiger partial charge is 0.225 e. The number of carbonyl (C=O) groups excluding carboxylic acids is 1. The Labute approximate surface area is 157 Å². The number of thiazole rings is 1. The van der Waals surface area contributed by atoms with Gasteiger partial charge in [-0.2, -0.15) is 0 Å². The molecule has 0 atom stereocenters. The van der Waals surface area contributed by atoms with E-state index in [2.05, 4.69) is 11.0 Å². The molecule has 0 aliphatic carbocycles. The topological polar surface area (TPSA) is 54.9 Å². The third-order valence-electron chi connectivity index (χ3n) is 5.10. The Kier molecular flexibility index (Phi) is 5.26. The van der Waals surface area contributed by atoms with Gasteiger partial charge in [-0.1, -0.05) is 11.3 Å². The number of nitrogens with zero attached hydrogens (tertiary/aromatic N) is 3. The van der Waals surface area contributed by atoms with Crippen LogP contribution in [0.15, 0.2) is 18.2 Å². The van der Waals surface area contributed by atoms with Crippen molar-refractivity contribution in [3.05, 3.63) is 18.2 Å². The summed E-state index contributed by atoms with van der Waals surface area (Å²) in [6.45, 7) is 7.24.